The number of aliphatic hydroxyl groups excluding tert-OH is 1. The van der Waals surface area contributed by atoms with Gasteiger partial charge in [0.1, 0.15) is 17.3 Å². The number of hydrogen-bond donors (Lipinski definition) is 4. The molecular weight excluding hydrogens is 304 g/mol. The molecule has 130 valence electrons. The first-order chi connectivity index (χ1) is 10.8. The number of aliphatic hydroxyl groups is 3. The van der Waals surface area contributed by atoms with Crippen LogP contribution in [0.15, 0.2) is 21.9 Å². The van der Waals surface area contributed by atoms with Gasteiger partial charge in [-0.05, 0) is 19.3 Å². The SMILES string of the molecule is CC[C@@]1(O)[C@@](O)(CC)[C@@H](CO)O[C@@]1(CC)n1ccc(=O)[nH]c1=O. The normalized spacial score (nSPS) is 37.2. The minimum Gasteiger partial charge on any atom is -0.394 e. The van der Waals surface area contributed by atoms with E-state index in [-0.39, 0.29) is 19.3 Å². The largest absolute Gasteiger partial charge is 0.394 e. The van der Waals surface area contributed by atoms with Gasteiger partial charge in [-0.25, -0.2) is 4.79 Å². The molecule has 1 fully saturated rings. The predicted octanol–water partition coefficient (Wildman–Crippen LogP) is -0.727. The highest BCUT2D eigenvalue weighted by molar-refractivity contribution is 5.18. The molecule has 4 atom stereocenters. The quantitative estimate of drug-likeness (QED) is 0.565. The van der Waals surface area contributed by atoms with Crippen molar-refractivity contribution in [2.24, 2.45) is 0 Å². The molecule has 4 N–H and O–H groups in total. The fraction of sp³-hybridized carbons (Fsp3) is 0.733. The monoisotopic (exact) mass is 328 g/mol. The molecule has 1 aromatic rings. The van der Waals surface area contributed by atoms with Gasteiger partial charge in [0.2, 0.25) is 0 Å². The lowest BCUT2D eigenvalue weighted by molar-refractivity contribution is -0.215. The number of nitrogens with one attached hydrogen (secondary N) is 1. The average Bonchev–Trinajstić information content (AvgIpc) is 2.74. The van der Waals surface area contributed by atoms with Crippen LogP contribution in [-0.2, 0) is 10.5 Å². The smallest absolute Gasteiger partial charge is 0.330 e. The molecule has 8 heteroatoms. The van der Waals surface area contributed by atoms with Crippen LogP contribution in [0.25, 0.3) is 0 Å². The Morgan fingerprint density at radius 3 is 2.30 bits per heavy atom. The van der Waals surface area contributed by atoms with E-state index < -0.39 is 40.9 Å². The van der Waals surface area contributed by atoms with Crippen molar-refractivity contribution in [3.05, 3.63) is 33.1 Å². The Morgan fingerprint density at radius 1 is 1.22 bits per heavy atom. The lowest BCUT2D eigenvalue weighted by Crippen LogP contribution is -2.65. The maximum absolute atomic E-state index is 12.3. The van der Waals surface area contributed by atoms with Gasteiger partial charge in [-0.15, -0.1) is 0 Å². The summed E-state index contributed by atoms with van der Waals surface area (Å²) in [4.78, 5) is 25.7. The van der Waals surface area contributed by atoms with E-state index in [4.69, 9.17) is 4.74 Å². The summed E-state index contributed by atoms with van der Waals surface area (Å²) in [5.41, 5.74) is -6.47. The molecule has 0 unspecified atom stereocenters. The fourth-order valence-electron chi connectivity index (χ4n) is 3.83. The van der Waals surface area contributed by atoms with Gasteiger partial charge in [-0.2, -0.15) is 0 Å². The number of aromatic nitrogens is 2. The summed E-state index contributed by atoms with van der Waals surface area (Å²) in [6.07, 6.45) is 0.551. The molecule has 1 aromatic heterocycles. The summed E-state index contributed by atoms with van der Waals surface area (Å²) in [6, 6.07) is 1.15. The highest BCUT2D eigenvalue weighted by atomic mass is 16.6. The van der Waals surface area contributed by atoms with Crippen LogP contribution in [0, 0.1) is 0 Å². The van der Waals surface area contributed by atoms with Crippen molar-refractivity contribution in [3.63, 3.8) is 0 Å². The van der Waals surface area contributed by atoms with Gasteiger partial charge < -0.3 is 20.1 Å². The number of nitrogens with zero attached hydrogens (tertiary/aromatic N) is 1. The second-order valence-corrected chi connectivity index (χ2v) is 5.90. The molecule has 0 aromatic carbocycles. The minimum atomic E-state index is -1.82. The molecular formula is C15H24N2O6. The molecule has 23 heavy (non-hydrogen) atoms. The third-order valence-electron chi connectivity index (χ3n) is 5.14. The topological polar surface area (TPSA) is 125 Å². The van der Waals surface area contributed by atoms with Crippen LogP contribution in [0.3, 0.4) is 0 Å². The Bertz CT molecular complexity index is 685. The Balaban J connectivity index is 2.79. The van der Waals surface area contributed by atoms with Gasteiger partial charge in [0.05, 0.1) is 6.61 Å². The van der Waals surface area contributed by atoms with E-state index >= 15 is 0 Å². The molecule has 2 heterocycles. The van der Waals surface area contributed by atoms with Crippen molar-refractivity contribution in [3.8, 4) is 0 Å². The van der Waals surface area contributed by atoms with E-state index in [9.17, 15) is 24.9 Å². The molecule has 0 amide bonds. The lowest BCUT2D eigenvalue weighted by Gasteiger charge is -2.46. The third kappa shape index (κ3) is 2.13. The first-order valence-electron chi connectivity index (χ1n) is 7.82. The molecule has 0 bridgehead atoms. The molecule has 2 rings (SSSR count). The summed E-state index contributed by atoms with van der Waals surface area (Å²) in [7, 11) is 0. The third-order valence-corrected chi connectivity index (χ3v) is 5.14. The zero-order chi connectivity index (χ0) is 17.5. The second-order valence-electron chi connectivity index (χ2n) is 5.90. The summed E-state index contributed by atoms with van der Waals surface area (Å²) < 4.78 is 6.95. The minimum absolute atomic E-state index is 0.0905. The lowest BCUT2D eigenvalue weighted by atomic mass is 9.71. The molecule has 1 saturated heterocycles. The zero-order valence-electron chi connectivity index (χ0n) is 13.6. The fourth-order valence-corrected chi connectivity index (χ4v) is 3.83. The summed E-state index contributed by atoms with van der Waals surface area (Å²) >= 11 is 0. The van der Waals surface area contributed by atoms with Crippen LogP contribution >= 0.6 is 0 Å². The van der Waals surface area contributed by atoms with Crippen molar-refractivity contribution in [1.82, 2.24) is 9.55 Å². The van der Waals surface area contributed by atoms with E-state index in [1.54, 1.807) is 20.8 Å². The van der Waals surface area contributed by atoms with Crippen LogP contribution in [0.2, 0.25) is 0 Å². The Morgan fingerprint density at radius 2 is 1.87 bits per heavy atom. The van der Waals surface area contributed by atoms with E-state index in [1.807, 2.05) is 0 Å². The van der Waals surface area contributed by atoms with Crippen molar-refractivity contribution in [2.75, 3.05) is 6.61 Å². The summed E-state index contributed by atoms with van der Waals surface area (Å²) in [6.45, 7) is 4.54. The predicted molar refractivity (Wildman–Crippen MR) is 82.0 cm³/mol. The van der Waals surface area contributed by atoms with E-state index in [2.05, 4.69) is 4.98 Å². The maximum Gasteiger partial charge on any atom is 0.330 e. The Labute approximate surface area is 133 Å². The Kier molecular flexibility index (Phi) is 4.55. The van der Waals surface area contributed by atoms with Crippen LogP contribution < -0.4 is 11.2 Å². The molecule has 8 nitrogen and oxygen atoms in total. The van der Waals surface area contributed by atoms with Crippen molar-refractivity contribution < 1.29 is 20.1 Å². The average molecular weight is 328 g/mol. The zero-order valence-corrected chi connectivity index (χ0v) is 13.6. The number of hydrogen-bond acceptors (Lipinski definition) is 6. The van der Waals surface area contributed by atoms with Gasteiger partial charge >= 0.3 is 5.69 Å². The van der Waals surface area contributed by atoms with Crippen LogP contribution in [0.4, 0.5) is 0 Å². The van der Waals surface area contributed by atoms with Crippen molar-refractivity contribution in [2.45, 2.75) is 63.1 Å². The van der Waals surface area contributed by atoms with E-state index in [1.165, 1.54) is 6.20 Å². The van der Waals surface area contributed by atoms with E-state index in [0.717, 1.165) is 10.6 Å². The van der Waals surface area contributed by atoms with Gasteiger partial charge in [0.25, 0.3) is 5.56 Å². The van der Waals surface area contributed by atoms with E-state index in [0.29, 0.717) is 0 Å². The first-order valence-corrected chi connectivity index (χ1v) is 7.82. The number of aromatic amines is 1. The standard InChI is InChI=1S/C15H24N2O6/c1-4-13(21)10(9-18)23-15(6-3,14(13,22)5-2)17-8-7-11(19)16-12(17)20/h7-8,10,18,21-22H,4-6,9H2,1-3H3,(H,16,19,20)/t10-,13-,14-,15-/m1/s1. The molecule has 1 aliphatic rings. The summed E-state index contributed by atoms with van der Waals surface area (Å²) in [5, 5.41) is 32.0. The van der Waals surface area contributed by atoms with Crippen molar-refractivity contribution in [1.29, 1.82) is 0 Å². The van der Waals surface area contributed by atoms with Gasteiger partial charge in [-0.3, -0.25) is 14.3 Å². The number of ether oxygens (including phenoxy) is 1. The van der Waals surface area contributed by atoms with Gasteiger partial charge in [0, 0.05) is 12.3 Å². The highest BCUT2D eigenvalue weighted by Gasteiger charge is 2.71. The van der Waals surface area contributed by atoms with Crippen LogP contribution in [0.5, 0.6) is 0 Å². The van der Waals surface area contributed by atoms with Gasteiger partial charge in [-0.1, -0.05) is 20.8 Å². The molecule has 0 saturated carbocycles. The second kappa shape index (κ2) is 5.86. The first kappa shape index (κ1) is 17.9. The number of H-pyrrole nitrogens is 1. The highest BCUT2D eigenvalue weighted by Crippen LogP contribution is 2.53. The van der Waals surface area contributed by atoms with Crippen LogP contribution in [-0.4, -0.2) is 48.8 Å². The van der Waals surface area contributed by atoms with Gasteiger partial charge in [0.15, 0.2) is 5.72 Å². The molecule has 0 spiro atoms. The Hall–Kier alpha value is -1.48. The number of rotatable bonds is 5. The van der Waals surface area contributed by atoms with Crippen LogP contribution in [0.1, 0.15) is 40.0 Å². The maximum atomic E-state index is 12.3. The summed E-state index contributed by atoms with van der Waals surface area (Å²) in [5.74, 6) is 0. The van der Waals surface area contributed by atoms with Crippen molar-refractivity contribution >= 4 is 0 Å². The molecule has 0 aliphatic carbocycles. The molecule has 0 radical (unpaired) electrons. The molecule has 1 aliphatic heterocycles.